The van der Waals surface area contributed by atoms with Gasteiger partial charge < -0.3 is 15.4 Å². The summed E-state index contributed by atoms with van der Waals surface area (Å²) in [6, 6.07) is 17.0. The van der Waals surface area contributed by atoms with E-state index in [0.717, 1.165) is 11.3 Å². The minimum absolute atomic E-state index is 0.479. The van der Waals surface area contributed by atoms with Gasteiger partial charge in [0.2, 0.25) is 0 Å². The Morgan fingerprint density at radius 2 is 1.69 bits per heavy atom. The summed E-state index contributed by atoms with van der Waals surface area (Å²) in [5.41, 5.74) is 1.72. The van der Waals surface area contributed by atoms with E-state index in [1.165, 1.54) is 0 Å². The number of methoxy groups -OCH3 is 1. The second kappa shape index (κ2) is 8.85. The van der Waals surface area contributed by atoms with E-state index in [1.54, 1.807) is 19.2 Å². The Balaban J connectivity index is 1.91. The normalized spacial score (nSPS) is 10.6. The number of anilines is 3. The maximum absolute atomic E-state index is 6.09. The van der Waals surface area contributed by atoms with Crippen LogP contribution in [0.4, 0.5) is 17.3 Å². The van der Waals surface area contributed by atoms with E-state index >= 15 is 0 Å². The van der Waals surface area contributed by atoms with Crippen molar-refractivity contribution in [2.75, 3.05) is 30.9 Å². The molecule has 0 spiro atoms. The lowest BCUT2D eigenvalue weighted by Gasteiger charge is -2.12. The summed E-state index contributed by atoms with van der Waals surface area (Å²) in [5.74, 6) is 1.98. The summed E-state index contributed by atoms with van der Waals surface area (Å²) in [7, 11) is 1.66. The highest BCUT2D eigenvalue weighted by atomic mass is 35.5. The highest BCUT2D eigenvalue weighted by molar-refractivity contribution is 6.42. The molecule has 0 unspecified atom stereocenters. The van der Waals surface area contributed by atoms with E-state index in [2.05, 4.69) is 20.6 Å². The average Bonchev–Trinajstić information content (AvgIpc) is 2.66. The fourth-order valence-corrected chi connectivity index (χ4v) is 2.62. The third-order valence-corrected chi connectivity index (χ3v) is 4.30. The standard InChI is InChI=1S/C19H18Cl2N4O/c1-26-10-9-22-17-12-18(23-14-7-8-15(20)16(21)11-14)25-19(24-17)13-5-3-2-4-6-13/h2-8,11-12H,9-10H2,1H3,(H2,22,23,24,25). The third-order valence-electron chi connectivity index (χ3n) is 3.56. The monoisotopic (exact) mass is 388 g/mol. The molecule has 2 aromatic carbocycles. The molecule has 0 radical (unpaired) electrons. The van der Waals surface area contributed by atoms with Crippen LogP contribution in [0.25, 0.3) is 11.4 Å². The van der Waals surface area contributed by atoms with Gasteiger partial charge in [-0.15, -0.1) is 0 Å². The molecule has 0 saturated heterocycles. The van der Waals surface area contributed by atoms with Crippen molar-refractivity contribution >= 4 is 40.5 Å². The lowest BCUT2D eigenvalue weighted by atomic mass is 10.2. The molecular formula is C19H18Cl2N4O. The second-order valence-electron chi connectivity index (χ2n) is 5.50. The van der Waals surface area contributed by atoms with Gasteiger partial charge in [0.05, 0.1) is 16.7 Å². The number of halogens is 2. The van der Waals surface area contributed by atoms with Gasteiger partial charge in [0.15, 0.2) is 5.82 Å². The van der Waals surface area contributed by atoms with Gasteiger partial charge in [-0.1, -0.05) is 53.5 Å². The molecule has 1 aromatic heterocycles. The van der Waals surface area contributed by atoms with E-state index in [1.807, 2.05) is 42.5 Å². The summed E-state index contributed by atoms with van der Waals surface area (Å²) in [6.45, 7) is 1.23. The fraction of sp³-hybridized carbons (Fsp3) is 0.158. The molecule has 0 fully saturated rings. The number of hydrogen-bond acceptors (Lipinski definition) is 5. The maximum atomic E-state index is 6.09. The van der Waals surface area contributed by atoms with Crippen LogP contribution >= 0.6 is 23.2 Å². The zero-order chi connectivity index (χ0) is 18.4. The van der Waals surface area contributed by atoms with Gasteiger partial charge in [-0.2, -0.15) is 0 Å². The van der Waals surface area contributed by atoms with Crippen LogP contribution in [-0.2, 0) is 4.74 Å². The molecule has 0 aliphatic rings. The molecule has 0 atom stereocenters. The van der Waals surface area contributed by atoms with Gasteiger partial charge in [-0.05, 0) is 18.2 Å². The molecule has 1 heterocycles. The predicted molar refractivity (Wildman–Crippen MR) is 108 cm³/mol. The molecule has 0 amide bonds. The second-order valence-corrected chi connectivity index (χ2v) is 6.32. The number of ether oxygens (including phenoxy) is 1. The van der Waals surface area contributed by atoms with Crippen LogP contribution in [-0.4, -0.2) is 30.2 Å². The van der Waals surface area contributed by atoms with Crippen molar-refractivity contribution in [3.05, 3.63) is 64.6 Å². The number of nitrogens with zero attached hydrogens (tertiary/aromatic N) is 2. The molecule has 2 N–H and O–H groups in total. The summed E-state index contributed by atoms with van der Waals surface area (Å²) in [4.78, 5) is 9.19. The summed E-state index contributed by atoms with van der Waals surface area (Å²) in [6.07, 6.45) is 0. The Morgan fingerprint density at radius 1 is 0.923 bits per heavy atom. The zero-order valence-corrected chi connectivity index (χ0v) is 15.7. The highest BCUT2D eigenvalue weighted by Gasteiger charge is 2.08. The van der Waals surface area contributed by atoms with Crippen LogP contribution in [0.15, 0.2) is 54.6 Å². The molecule has 7 heteroatoms. The quantitative estimate of drug-likeness (QED) is 0.541. The Bertz CT molecular complexity index is 875. The number of rotatable bonds is 7. The third kappa shape index (κ3) is 4.85. The lowest BCUT2D eigenvalue weighted by molar-refractivity contribution is 0.210. The first-order valence-electron chi connectivity index (χ1n) is 8.05. The van der Waals surface area contributed by atoms with Crippen LogP contribution in [0.5, 0.6) is 0 Å². The van der Waals surface area contributed by atoms with E-state index < -0.39 is 0 Å². The van der Waals surface area contributed by atoms with Crippen LogP contribution in [0.2, 0.25) is 10.0 Å². The summed E-state index contributed by atoms with van der Waals surface area (Å²) >= 11 is 12.1. The number of benzene rings is 2. The van der Waals surface area contributed by atoms with E-state index in [4.69, 9.17) is 27.9 Å². The van der Waals surface area contributed by atoms with Crippen molar-refractivity contribution in [1.29, 1.82) is 0 Å². The zero-order valence-electron chi connectivity index (χ0n) is 14.2. The van der Waals surface area contributed by atoms with Crippen molar-refractivity contribution in [3.63, 3.8) is 0 Å². The van der Waals surface area contributed by atoms with Crippen molar-refractivity contribution < 1.29 is 4.74 Å². The molecule has 5 nitrogen and oxygen atoms in total. The smallest absolute Gasteiger partial charge is 0.163 e. The number of hydrogen-bond donors (Lipinski definition) is 2. The van der Waals surface area contributed by atoms with Gasteiger partial charge in [0.1, 0.15) is 11.6 Å². The largest absolute Gasteiger partial charge is 0.383 e. The van der Waals surface area contributed by atoms with Crippen molar-refractivity contribution in [1.82, 2.24) is 9.97 Å². The molecule has 0 saturated carbocycles. The van der Waals surface area contributed by atoms with Crippen LogP contribution in [0.3, 0.4) is 0 Å². The molecule has 0 aliphatic carbocycles. The van der Waals surface area contributed by atoms with Gasteiger partial charge in [0, 0.05) is 31.0 Å². The fourth-order valence-electron chi connectivity index (χ4n) is 2.32. The molecule has 0 aliphatic heterocycles. The molecule has 0 bridgehead atoms. The van der Waals surface area contributed by atoms with E-state index in [-0.39, 0.29) is 0 Å². The van der Waals surface area contributed by atoms with Gasteiger partial charge in [0.25, 0.3) is 0 Å². The number of nitrogens with one attached hydrogen (secondary N) is 2. The minimum Gasteiger partial charge on any atom is -0.383 e. The SMILES string of the molecule is COCCNc1cc(Nc2ccc(Cl)c(Cl)c2)nc(-c2ccccc2)n1. The number of aromatic nitrogens is 2. The maximum Gasteiger partial charge on any atom is 0.163 e. The van der Waals surface area contributed by atoms with E-state index in [0.29, 0.717) is 40.7 Å². The Hall–Kier alpha value is -2.34. The van der Waals surface area contributed by atoms with Crippen LogP contribution in [0.1, 0.15) is 0 Å². The molecule has 3 aromatic rings. The molecule has 26 heavy (non-hydrogen) atoms. The minimum atomic E-state index is 0.479. The first kappa shape index (κ1) is 18.5. The Kier molecular flexibility index (Phi) is 6.28. The van der Waals surface area contributed by atoms with Crippen LogP contribution < -0.4 is 10.6 Å². The summed E-state index contributed by atoms with van der Waals surface area (Å²) in [5, 5.41) is 7.47. The van der Waals surface area contributed by atoms with Gasteiger partial charge in [-0.25, -0.2) is 9.97 Å². The lowest BCUT2D eigenvalue weighted by Crippen LogP contribution is -2.10. The van der Waals surface area contributed by atoms with Crippen molar-refractivity contribution in [3.8, 4) is 11.4 Å². The highest BCUT2D eigenvalue weighted by Crippen LogP contribution is 2.28. The molecular weight excluding hydrogens is 371 g/mol. The van der Waals surface area contributed by atoms with Crippen molar-refractivity contribution in [2.24, 2.45) is 0 Å². The predicted octanol–water partition coefficient (Wildman–Crippen LogP) is 5.25. The van der Waals surface area contributed by atoms with Gasteiger partial charge >= 0.3 is 0 Å². The Morgan fingerprint density at radius 3 is 2.42 bits per heavy atom. The van der Waals surface area contributed by atoms with E-state index in [9.17, 15) is 0 Å². The average molecular weight is 389 g/mol. The topological polar surface area (TPSA) is 59.1 Å². The van der Waals surface area contributed by atoms with Crippen LogP contribution in [0, 0.1) is 0 Å². The first-order valence-corrected chi connectivity index (χ1v) is 8.80. The Labute approximate surface area is 162 Å². The first-order chi connectivity index (χ1) is 12.7. The van der Waals surface area contributed by atoms with Gasteiger partial charge in [-0.3, -0.25) is 0 Å². The summed E-state index contributed by atoms with van der Waals surface area (Å²) < 4.78 is 5.08. The molecule has 3 rings (SSSR count). The molecule has 134 valence electrons. The van der Waals surface area contributed by atoms with Crippen molar-refractivity contribution in [2.45, 2.75) is 0 Å².